The second-order valence-corrected chi connectivity index (χ2v) is 7.82. The van der Waals surface area contributed by atoms with Crippen LogP contribution in [-0.4, -0.2) is 23.1 Å². The van der Waals surface area contributed by atoms with Crippen molar-refractivity contribution in [3.8, 4) is 11.3 Å². The Morgan fingerprint density at radius 1 is 0.852 bits per heavy atom. The molecule has 2 aromatic carbocycles. The van der Waals surface area contributed by atoms with Gasteiger partial charge in [-0.1, -0.05) is 65.1 Å². The third-order valence-corrected chi connectivity index (χ3v) is 6.11. The van der Waals surface area contributed by atoms with Gasteiger partial charge in [0.2, 0.25) is 5.13 Å². The van der Waals surface area contributed by atoms with Gasteiger partial charge in [0.1, 0.15) is 5.69 Å². The minimum absolute atomic E-state index is 0.660. The summed E-state index contributed by atoms with van der Waals surface area (Å²) >= 11 is 3.11. The van der Waals surface area contributed by atoms with Crippen molar-refractivity contribution in [2.45, 2.75) is 13.8 Å². The third kappa shape index (κ3) is 3.74. The fourth-order valence-electron chi connectivity index (χ4n) is 2.77. The number of nitrogens with zero attached hydrogens (tertiary/aromatic N) is 5. The van der Waals surface area contributed by atoms with E-state index in [1.807, 2.05) is 42.5 Å². The van der Waals surface area contributed by atoms with Crippen LogP contribution in [0.4, 0.5) is 15.3 Å². The predicted octanol–water partition coefficient (Wildman–Crippen LogP) is 6.68. The monoisotopic (exact) mass is 393 g/mol. The van der Waals surface area contributed by atoms with E-state index in [0.29, 0.717) is 5.13 Å². The number of para-hydroxylation sites is 1. The summed E-state index contributed by atoms with van der Waals surface area (Å²) in [6, 6.07) is 18.2. The van der Waals surface area contributed by atoms with Crippen LogP contribution in [0.2, 0.25) is 0 Å². The molecule has 27 heavy (non-hydrogen) atoms. The maximum Gasteiger partial charge on any atom is 0.231 e. The van der Waals surface area contributed by atoms with Crippen LogP contribution in [0, 0.1) is 0 Å². The Kier molecular flexibility index (Phi) is 5.22. The molecule has 2 heterocycles. The summed E-state index contributed by atoms with van der Waals surface area (Å²) in [6.45, 7) is 6.09. The summed E-state index contributed by atoms with van der Waals surface area (Å²) in [5.74, 6) is 0. The van der Waals surface area contributed by atoms with Crippen molar-refractivity contribution >= 4 is 48.2 Å². The second kappa shape index (κ2) is 7.94. The Labute approximate surface area is 166 Å². The standard InChI is InChI=1S/C20H19N5S2/c1-3-25(4-2)20-22-17(14-10-6-5-7-11-14)18(27-20)23-24-19-21-15-12-8-9-13-16(15)26-19/h5-13H,3-4H2,1-2H3/b24-23+. The molecular weight excluding hydrogens is 374 g/mol. The van der Waals surface area contributed by atoms with E-state index in [-0.39, 0.29) is 0 Å². The zero-order valence-electron chi connectivity index (χ0n) is 15.2. The molecule has 0 N–H and O–H groups in total. The molecule has 136 valence electrons. The maximum atomic E-state index is 4.85. The van der Waals surface area contributed by atoms with Gasteiger partial charge in [-0.25, -0.2) is 9.97 Å². The molecule has 0 fully saturated rings. The summed E-state index contributed by atoms with van der Waals surface area (Å²) in [7, 11) is 0. The average molecular weight is 394 g/mol. The van der Waals surface area contributed by atoms with Crippen LogP contribution in [0.15, 0.2) is 64.8 Å². The van der Waals surface area contributed by atoms with Gasteiger partial charge in [0.25, 0.3) is 0 Å². The molecule has 0 radical (unpaired) electrons. The van der Waals surface area contributed by atoms with Crippen molar-refractivity contribution < 1.29 is 0 Å². The minimum Gasteiger partial charge on any atom is -0.349 e. The summed E-state index contributed by atoms with van der Waals surface area (Å²) in [5, 5.41) is 11.4. The number of anilines is 1. The Morgan fingerprint density at radius 3 is 2.33 bits per heavy atom. The van der Waals surface area contributed by atoms with Gasteiger partial charge in [-0.3, -0.25) is 0 Å². The van der Waals surface area contributed by atoms with Crippen molar-refractivity contribution in [2.24, 2.45) is 10.2 Å². The fraction of sp³-hybridized carbons (Fsp3) is 0.200. The molecule has 0 saturated heterocycles. The van der Waals surface area contributed by atoms with Gasteiger partial charge in [-0.15, -0.1) is 10.2 Å². The van der Waals surface area contributed by atoms with E-state index in [1.165, 1.54) is 0 Å². The van der Waals surface area contributed by atoms with E-state index in [4.69, 9.17) is 4.98 Å². The number of azo groups is 1. The van der Waals surface area contributed by atoms with Crippen LogP contribution in [0.5, 0.6) is 0 Å². The molecule has 5 nitrogen and oxygen atoms in total. The zero-order chi connectivity index (χ0) is 18.6. The van der Waals surface area contributed by atoms with Crippen molar-refractivity contribution in [3.63, 3.8) is 0 Å². The lowest BCUT2D eigenvalue weighted by Crippen LogP contribution is -2.21. The van der Waals surface area contributed by atoms with Gasteiger partial charge in [-0.2, -0.15) is 0 Å². The summed E-state index contributed by atoms with van der Waals surface area (Å²) in [4.78, 5) is 11.6. The Balaban J connectivity index is 1.73. The third-order valence-electron chi connectivity index (χ3n) is 4.19. The molecule has 0 aliphatic carbocycles. The van der Waals surface area contributed by atoms with E-state index < -0.39 is 0 Å². The number of thiazole rings is 2. The lowest BCUT2D eigenvalue weighted by atomic mass is 10.2. The normalized spacial score (nSPS) is 11.5. The first-order valence-corrected chi connectivity index (χ1v) is 10.5. The van der Waals surface area contributed by atoms with E-state index in [2.05, 4.69) is 46.1 Å². The number of rotatable bonds is 6. The molecule has 7 heteroatoms. The van der Waals surface area contributed by atoms with Crippen molar-refractivity contribution in [1.29, 1.82) is 0 Å². The lowest BCUT2D eigenvalue weighted by molar-refractivity contribution is 0.860. The number of benzene rings is 2. The molecule has 4 aromatic rings. The maximum absolute atomic E-state index is 4.85. The van der Waals surface area contributed by atoms with Gasteiger partial charge < -0.3 is 4.90 Å². The summed E-state index contributed by atoms with van der Waals surface area (Å²) in [5.41, 5.74) is 2.87. The van der Waals surface area contributed by atoms with Gasteiger partial charge in [0.05, 0.1) is 10.2 Å². The van der Waals surface area contributed by atoms with Crippen molar-refractivity contribution in [3.05, 3.63) is 54.6 Å². The van der Waals surface area contributed by atoms with Gasteiger partial charge in [0.15, 0.2) is 10.1 Å². The van der Waals surface area contributed by atoms with Crippen molar-refractivity contribution in [1.82, 2.24) is 9.97 Å². The van der Waals surface area contributed by atoms with Crippen LogP contribution in [-0.2, 0) is 0 Å². The molecule has 0 atom stereocenters. The van der Waals surface area contributed by atoms with E-state index in [1.54, 1.807) is 22.7 Å². The first-order chi connectivity index (χ1) is 13.3. The Hall–Kier alpha value is -2.64. The summed E-state index contributed by atoms with van der Waals surface area (Å²) in [6.07, 6.45) is 0. The van der Waals surface area contributed by atoms with E-state index in [9.17, 15) is 0 Å². The van der Waals surface area contributed by atoms with Crippen molar-refractivity contribution in [2.75, 3.05) is 18.0 Å². The van der Waals surface area contributed by atoms with Gasteiger partial charge >= 0.3 is 0 Å². The second-order valence-electron chi connectivity index (χ2n) is 5.85. The molecule has 0 bridgehead atoms. The number of hydrogen-bond acceptors (Lipinski definition) is 7. The number of aromatic nitrogens is 2. The first-order valence-electron chi connectivity index (χ1n) is 8.87. The van der Waals surface area contributed by atoms with Gasteiger partial charge in [0, 0.05) is 18.7 Å². The molecule has 4 rings (SSSR count). The molecule has 0 aliphatic rings. The van der Waals surface area contributed by atoms with Crippen LogP contribution in [0.25, 0.3) is 21.5 Å². The fourth-order valence-corrected chi connectivity index (χ4v) is 4.60. The minimum atomic E-state index is 0.660. The molecule has 2 aromatic heterocycles. The average Bonchev–Trinajstić information content (AvgIpc) is 3.32. The van der Waals surface area contributed by atoms with E-state index in [0.717, 1.165) is 44.7 Å². The predicted molar refractivity (Wildman–Crippen MR) is 115 cm³/mol. The zero-order valence-corrected chi connectivity index (χ0v) is 16.8. The van der Waals surface area contributed by atoms with Crippen LogP contribution in [0.1, 0.15) is 13.8 Å². The highest BCUT2D eigenvalue weighted by Gasteiger charge is 2.16. The quantitative estimate of drug-likeness (QED) is 0.343. The molecule has 0 spiro atoms. The number of fused-ring (bicyclic) bond motifs is 1. The van der Waals surface area contributed by atoms with E-state index >= 15 is 0 Å². The van der Waals surface area contributed by atoms with Crippen LogP contribution in [0.3, 0.4) is 0 Å². The van der Waals surface area contributed by atoms with Crippen LogP contribution >= 0.6 is 22.7 Å². The topological polar surface area (TPSA) is 53.7 Å². The molecule has 0 saturated carbocycles. The highest BCUT2D eigenvalue weighted by Crippen LogP contribution is 2.40. The molecule has 0 aliphatic heterocycles. The number of hydrogen-bond donors (Lipinski definition) is 0. The highest BCUT2D eigenvalue weighted by atomic mass is 32.1. The Morgan fingerprint density at radius 2 is 1.59 bits per heavy atom. The molecule has 0 amide bonds. The highest BCUT2D eigenvalue weighted by molar-refractivity contribution is 7.22. The summed E-state index contributed by atoms with van der Waals surface area (Å²) < 4.78 is 1.11. The largest absolute Gasteiger partial charge is 0.349 e. The smallest absolute Gasteiger partial charge is 0.231 e. The van der Waals surface area contributed by atoms with Gasteiger partial charge in [-0.05, 0) is 26.0 Å². The molecule has 0 unspecified atom stereocenters. The Bertz CT molecular complexity index is 1030. The van der Waals surface area contributed by atoms with Crippen LogP contribution < -0.4 is 4.90 Å². The lowest BCUT2D eigenvalue weighted by Gasteiger charge is -2.16. The SMILES string of the molecule is CCN(CC)c1nc(-c2ccccc2)c(/N=N/c2nc3ccccc3s2)s1. The molecular formula is C20H19N5S2. The first kappa shape index (κ1) is 17.8.